The molecule has 2 heterocycles. The zero-order valence-electron chi connectivity index (χ0n) is 19.5. The van der Waals surface area contributed by atoms with Crippen LogP contribution in [0.25, 0.3) is 11.0 Å². The fraction of sp³-hybridized carbons (Fsp3) is 0.154. The first-order chi connectivity index (χ1) is 17.5. The number of rotatable bonds is 3. The van der Waals surface area contributed by atoms with E-state index in [2.05, 4.69) is 4.40 Å². The molecular formula is C26H20Cl3FN2O4S. The van der Waals surface area contributed by atoms with Crippen LogP contribution in [0.3, 0.4) is 0 Å². The second-order valence-electron chi connectivity index (χ2n) is 8.16. The van der Waals surface area contributed by atoms with Gasteiger partial charge >= 0.3 is 0 Å². The molecule has 5 rings (SSSR count). The molecule has 4 aromatic rings. The number of hydrogen-bond donors (Lipinski definition) is 0. The van der Waals surface area contributed by atoms with Crippen LogP contribution in [0.15, 0.2) is 97.6 Å². The van der Waals surface area contributed by atoms with Crippen molar-refractivity contribution in [2.45, 2.75) is 21.8 Å². The Labute approximate surface area is 228 Å². The lowest BCUT2D eigenvalue weighted by molar-refractivity contribution is 0.318. The van der Waals surface area contributed by atoms with Crippen LogP contribution in [0.1, 0.15) is 16.7 Å². The molecule has 192 valence electrons. The van der Waals surface area contributed by atoms with E-state index in [1.165, 1.54) is 30.1 Å². The lowest BCUT2D eigenvalue weighted by Crippen LogP contribution is -2.40. The van der Waals surface area contributed by atoms with Crippen LogP contribution in [0, 0.1) is 6.92 Å². The summed E-state index contributed by atoms with van der Waals surface area (Å²) in [5, 5.41) is 0.194. The molecule has 1 aliphatic heterocycles. The Hall–Kier alpha value is -2.91. The molecule has 11 heteroatoms. The van der Waals surface area contributed by atoms with Crippen LogP contribution in [0.4, 0.5) is 10.1 Å². The standard InChI is InChI=1S/C25H19FN2O4S.CHCl3/c1-16-11-13-17(14-12-16)33(30,31)27-24-25(26,19-8-4-5-9-21(19)28(24)2)20-15-32-22-10-6-3-7-18(22)23(20)29;2-1(3)4/h3-15H,1-2H3;1H/b27-24+;/t25-;/m0./s1. The molecule has 0 fully saturated rings. The zero-order valence-corrected chi connectivity index (χ0v) is 22.6. The number of aryl methyl sites for hydroxylation is 1. The van der Waals surface area contributed by atoms with E-state index in [1.807, 2.05) is 6.92 Å². The van der Waals surface area contributed by atoms with Crippen molar-refractivity contribution in [2.75, 3.05) is 11.9 Å². The predicted octanol–water partition coefficient (Wildman–Crippen LogP) is 6.54. The van der Waals surface area contributed by atoms with Gasteiger partial charge in [0.2, 0.25) is 5.67 Å². The summed E-state index contributed by atoms with van der Waals surface area (Å²) in [6.45, 7) is 1.83. The monoisotopic (exact) mass is 580 g/mol. The molecule has 0 amide bonds. The third kappa shape index (κ3) is 5.11. The van der Waals surface area contributed by atoms with Crippen molar-refractivity contribution in [3.05, 3.63) is 106 Å². The molecule has 0 unspecified atom stereocenters. The lowest BCUT2D eigenvalue weighted by Gasteiger charge is -2.22. The summed E-state index contributed by atoms with van der Waals surface area (Å²) in [5.41, 5.74) is -1.85. The van der Waals surface area contributed by atoms with Crippen LogP contribution in [-0.2, 0) is 15.7 Å². The Morgan fingerprint density at radius 1 is 0.946 bits per heavy atom. The van der Waals surface area contributed by atoms with E-state index in [1.54, 1.807) is 54.6 Å². The van der Waals surface area contributed by atoms with Crippen molar-refractivity contribution < 1.29 is 17.2 Å². The predicted molar refractivity (Wildman–Crippen MR) is 146 cm³/mol. The average Bonchev–Trinajstić information content (AvgIpc) is 3.07. The van der Waals surface area contributed by atoms with Gasteiger partial charge in [-0.05, 0) is 37.3 Å². The smallest absolute Gasteiger partial charge is 0.284 e. The van der Waals surface area contributed by atoms with E-state index < -0.39 is 31.3 Å². The second kappa shape index (κ2) is 10.5. The SMILES string of the molecule is Cc1ccc(S(=O)(=O)/N=C2/N(C)c3ccccc3[C@]2(F)c2coc3ccccc3c2=O)cc1.ClC(Cl)Cl. The number of anilines is 1. The highest BCUT2D eigenvalue weighted by Crippen LogP contribution is 2.47. The molecular weight excluding hydrogens is 562 g/mol. The van der Waals surface area contributed by atoms with Crippen molar-refractivity contribution in [1.82, 2.24) is 0 Å². The Kier molecular flexibility index (Phi) is 7.67. The highest BCUT2D eigenvalue weighted by molar-refractivity contribution is 7.90. The Bertz CT molecular complexity index is 1650. The summed E-state index contributed by atoms with van der Waals surface area (Å²) in [4.78, 5) is 14.6. The number of likely N-dealkylation sites (N-methyl/N-ethyl adjacent to an activating group) is 1. The number of amidine groups is 1. The fourth-order valence-corrected chi connectivity index (χ4v) is 5.17. The van der Waals surface area contributed by atoms with Gasteiger partial charge in [-0.2, -0.15) is 8.42 Å². The van der Waals surface area contributed by atoms with E-state index in [-0.39, 0.29) is 21.4 Å². The van der Waals surface area contributed by atoms with Gasteiger partial charge in [-0.25, -0.2) is 4.39 Å². The largest absolute Gasteiger partial charge is 0.464 e. The van der Waals surface area contributed by atoms with Gasteiger partial charge in [0, 0.05) is 18.3 Å². The minimum atomic E-state index is -4.27. The minimum absolute atomic E-state index is 0.0714. The molecule has 6 nitrogen and oxygen atoms in total. The molecule has 1 aliphatic rings. The summed E-state index contributed by atoms with van der Waals surface area (Å²) in [7, 11) is -2.75. The summed E-state index contributed by atoms with van der Waals surface area (Å²) in [5.74, 6) is -0.424. The number of fused-ring (bicyclic) bond motifs is 2. The molecule has 37 heavy (non-hydrogen) atoms. The topological polar surface area (TPSA) is 80.0 Å². The quantitative estimate of drug-likeness (QED) is 0.257. The average molecular weight is 582 g/mol. The van der Waals surface area contributed by atoms with Gasteiger partial charge in [-0.1, -0.05) is 82.8 Å². The normalized spacial score (nSPS) is 18.1. The van der Waals surface area contributed by atoms with E-state index in [0.29, 0.717) is 11.3 Å². The van der Waals surface area contributed by atoms with Gasteiger partial charge in [0.25, 0.3) is 10.0 Å². The maximum absolute atomic E-state index is 17.2. The Balaban J connectivity index is 0.000000747. The Morgan fingerprint density at radius 2 is 1.54 bits per heavy atom. The summed E-state index contributed by atoms with van der Waals surface area (Å²) >= 11 is 14.4. The van der Waals surface area contributed by atoms with Crippen LogP contribution in [0.5, 0.6) is 0 Å². The van der Waals surface area contributed by atoms with Crippen molar-refractivity contribution in [1.29, 1.82) is 0 Å². The van der Waals surface area contributed by atoms with Crippen LogP contribution in [0.2, 0.25) is 0 Å². The van der Waals surface area contributed by atoms with Crippen molar-refractivity contribution in [3.8, 4) is 0 Å². The first-order valence-corrected chi connectivity index (χ1v) is 13.6. The van der Waals surface area contributed by atoms with Gasteiger partial charge in [0.1, 0.15) is 11.8 Å². The zero-order chi connectivity index (χ0) is 27.0. The number of sulfonamides is 1. The number of benzene rings is 3. The summed E-state index contributed by atoms with van der Waals surface area (Å²) in [6.07, 6.45) is 1.05. The molecule has 0 bridgehead atoms. The third-order valence-corrected chi connectivity index (χ3v) is 7.12. The van der Waals surface area contributed by atoms with E-state index >= 15 is 4.39 Å². The second-order valence-corrected chi connectivity index (χ2v) is 11.7. The molecule has 0 spiro atoms. The number of nitrogens with zero attached hydrogens (tertiary/aromatic N) is 2. The van der Waals surface area contributed by atoms with Crippen LogP contribution < -0.4 is 10.3 Å². The molecule has 0 aliphatic carbocycles. The highest BCUT2D eigenvalue weighted by atomic mass is 35.6. The van der Waals surface area contributed by atoms with E-state index in [4.69, 9.17) is 39.2 Å². The molecule has 3 aromatic carbocycles. The van der Waals surface area contributed by atoms with Gasteiger partial charge in [0.15, 0.2) is 15.6 Å². The molecule has 0 radical (unpaired) electrons. The fourth-order valence-electron chi connectivity index (χ4n) is 4.11. The summed E-state index contributed by atoms with van der Waals surface area (Å²) < 4.78 is 52.1. The van der Waals surface area contributed by atoms with Gasteiger partial charge in [0.05, 0.1) is 15.8 Å². The number of alkyl halides is 4. The number of halogens is 4. The van der Waals surface area contributed by atoms with E-state index in [0.717, 1.165) is 11.8 Å². The summed E-state index contributed by atoms with van der Waals surface area (Å²) in [6, 6.07) is 19.1. The Morgan fingerprint density at radius 3 is 2.22 bits per heavy atom. The molecule has 1 atom stereocenters. The highest BCUT2D eigenvalue weighted by Gasteiger charge is 2.53. The first kappa shape index (κ1) is 27.1. The molecule has 1 aromatic heterocycles. The van der Waals surface area contributed by atoms with Gasteiger partial charge in [-0.15, -0.1) is 4.40 Å². The lowest BCUT2D eigenvalue weighted by atomic mass is 9.89. The van der Waals surface area contributed by atoms with E-state index in [9.17, 15) is 13.2 Å². The van der Waals surface area contributed by atoms with Crippen LogP contribution in [-0.4, -0.2) is 25.6 Å². The van der Waals surface area contributed by atoms with Crippen LogP contribution >= 0.6 is 34.8 Å². The maximum Gasteiger partial charge on any atom is 0.284 e. The van der Waals surface area contributed by atoms with Crippen molar-refractivity contribution in [3.63, 3.8) is 0 Å². The maximum atomic E-state index is 17.2. The number of para-hydroxylation sites is 2. The third-order valence-electron chi connectivity index (χ3n) is 5.84. The van der Waals surface area contributed by atoms with Gasteiger partial charge in [-0.3, -0.25) is 4.79 Å². The minimum Gasteiger partial charge on any atom is -0.464 e. The number of hydrogen-bond acceptors (Lipinski definition) is 4. The van der Waals surface area contributed by atoms with Crippen molar-refractivity contribution >= 4 is 67.3 Å². The molecule has 0 N–H and O–H groups in total. The molecule has 0 saturated heterocycles. The molecule has 0 saturated carbocycles. The van der Waals surface area contributed by atoms with Crippen molar-refractivity contribution in [2.24, 2.45) is 4.40 Å². The van der Waals surface area contributed by atoms with Gasteiger partial charge < -0.3 is 9.32 Å². The first-order valence-electron chi connectivity index (χ1n) is 10.8.